The van der Waals surface area contributed by atoms with Crippen molar-refractivity contribution < 1.29 is 4.79 Å². The van der Waals surface area contributed by atoms with Crippen LogP contribution in [-0.4, -0.2) is 32.9 Å². The zero-order chi connectivity index (χ0) is 15.5. The Labute approximate surface area is 139 Å². The molecule has 0 fully saturated rings. The normalized spacial score (nSPS) is 17.3. The Hall–Kier alpha value is -1.27. The maximum Gasteiger partial charge on any atom is 0.240 e. The molecule has 0 aromatic carbocycles. The Morgan fingerprint density at radius 3 is 3.14 bits per heavy atom. The number of thioether (sulfide) groups is 1. The van der Waals surface area contributed by atoms with Crippen molar-refractivity contribution in [3.05, 3.63) is 39.8 Å². The van der Waals surface area contributed by atoms with Gasteiger partial charge in [0, 0.05) is 36.8 Å². The molecule has 0 saturated heterocycles. The second-order valence-corrected chi connectivity index (χ2v) is 7.80. The second-order valence-electron chi connectivity index (χ2n) is 5.58. The van der Waals surface area contributed by atoms with Crippen LogP contribution in [0.15, 0.2) is 23.8 Å². The number of amides is 1. The molecule has 118 valence electrons. The van der Waals surface area contributed by atoms with Crippen molar-refractivity contribution >= 4 is 29.0 Å². The zero-order valence-electron chi connectivity index (χ0n) is 13.0. The Morgan fingerprint density at radius 1 is 1.55 bits per heavy atom. The molecule has 0 spiro atoms. The third kappa shape index (κ3) is 3.22. The van der Waals surface area contributed by atoms with Crippen LogP contribution in [0.1, 0.15) is 34.6 Å². The van der Waals surface area contributed by atoms with E-state index in [1.165, 1.54) is 10.4 Å². The van der Waals surface area contributed by atoms with Gasteiger partial charge in [-0.05, 0) is 35.6 Å². The van der Waals surface area contributed by atoms with E-state index in [1.807, 2.05) is 24.3 Å². The van der Waals surface area contributed by atoms with E-state index >= 15 is 0 Å². The Morgan fingerprint density at radius 2 is 2.41 bits per heavy atom. The summed E-state index contributed by atoms with van der Waals surface area (Å²) in [6.07, 6.45) is 5.90. The monoisotopic (exact) mass is 335 g/mol. The average molecular weight is 335 g/mol. The third-order valence-corrected chi connectivity index (χ3v) is 6.06. The number of rotatable bonds is 5. The van der Waals surface area contributed by atoms with E-state index in [-0.39, 0.29) is 11.2 Å². The van der Waals surface area contributed by atoms with E-state index in [1.54, 1.807) is 27.8 Å². The predicted octanol–water partition coefficient (Wildman–Crippen LogP) is 3.25. The number of nitrogens with zero attached hydrogens (tertiary/aromatic N) is 3. The molecular weight excluding hydrogens is 314 g/mol. The van der Waals surface area contributed by atoms with Crippen molar-refractivity contribution in [1.82, 2.24) is 14.7 Å². The van der Waals surface area contributed by atoms with Crippen LogP contribution in [0.25, 0.3) is 0 Å². The minimum atomic E-state index is -0.0294. The van der Waals surface area contributed by atoms with Crippen molar-refractivity contribution in [2.24, 2.45) is 7.05 Å². The molecule has 0 N–H and O–H groups in total. The molecule has 2 aromatic heterocycles. The summed E-state index contributed by atoms with van der Waals surface area (Å²) in [7, 11) is 1.91. The van der Waals surface area contributed by atoms with Gasteiger partial charge in [0.15, 0.2) is 0 Å². The molecule has 6 heteroatoms. The molecule has 1 aliphatic heterocycles. The number of hydrogen-bond donors (Lipinski definition) is 0. The molecule has 3 rings (SSSR count). The number of aromatic nitrogens is 2. The van der Waals surface area contributed by atoms with Crippen LogP contribution in [0.4, 0.5) is 0 Å². The lowest BCUT2D eigenvalue weighted by atomic mass is 10.1. The van der Waals surface area contributed by atoms with Crippen LogP contribution in [-0.2, 0) is 24.8 Å². The van der Waals surface area contributed by atoms with E-state index in [9.17, 15) is 4.79 Å². The number of thiophene rings is 1. The van der Waals surface area contributed by atoms with Gasteiger partial charge >= 0.3 is 0 Å². The first-order valence-electron chi connectivity index (χ1n) is 7.63. The summed E-state index contributed by atoms with van der Waals surface area (Å²) in [5.74, 6) is 1.28. The quantitative estimate of drug-likeness (QED) is 0.842. The summed E-state index contributed by atoms with van der Waals surface area (Å²) in [5, 5.41) is 6.29. The maximum absolute atomic E-state index is 13.0. The van der Waals surface area contributed by atoms with Gasteiger partial charge < -0.3 is 4.90 Å². The predicted molar refractivity (Wildman–Crippen MR) is 92.1 cm³/mol. The topological polar surface area (TPSA) is 38.1 Å². The van der Waals surface area contributed by atoms with Crippen LogP contribution in [0, 0.1) is 0 Å². The molecule has 22 heavy (non-hydrogen) atoms. The number of aryl methyl sites for hydroxylation is 2. The van der Waals surface area contributed by atoms with Crippen molar-refractivity contribution in [1.29, 1.82) is 0 Å². The highest BCUT2D eigenvalue weighted by Crippen LogP contribution is 2.40. The molecule has 2 aromatic rings. The lowest BCUT2D eigenvalue weighted by Crippen LogP contribution is -2.35. The van der Waals surface area contributed by atoms with Gasteiger partial charge in [0.25, 0.3) is 0 Å². The molecule has 3 heterocycles. The first-order chi connectivity index (χ1) is 10.7. The van der Waals surface area contributed by atoms with E-state index < -0.39 is 0 Å². The smallest absolute Gasteiger partial charge is 0.240 e. The number of fused-ring (bicyclic) bond motifs is 1. The Bertz CT molecular complexity index is 649. The standard InChI is InChI=1S/C16H21N3OS2/c1-3-6-19(11-12-9-17-18(2)10-12)16(20)15-13-4-7-21-14(13)5-8-22-15/h4,7,9-10,15H,3,5-6,8,11H2,1-2H3/t15-/m1/s1. The lowest BCUT2D eigenvalue weighted by Gasteiger charge is -2.29. The van der Waals surface area contributed by atoms with Gasteiger partial charge in [-0.1, -0.05) is 6.92 Å². The summed E-state index contributed by atoms with van der Waals surface area (Å²) in [4.78, 5) is 16.4. The summed E-state index contributed by atoms with van der Waals surface area (Å²) < 4.78 is 1.79. The Kier molecular flexibility index (Phi) is 4.88. The van der Waals surface area contributed by atoms with Crippen LogP contribution in [0.3, 0.4) is 0 Å². The molecule has 1 atom stereocenters. The molecule has 0 aliphatic carbocycles. The van der Waals surface area contributed by atoms with E-state index in [2.05, 4.69) is 23.5 Å². The molecule has 0 radical (unpaired) electrons. The molecule has 4 nitrogen and oxygen atoms in total. The molecule has 0 unspecified atom stereocenters. The van der Waals surface area contributed by atoms with Gasteiger partial charge in [0.1, 0.15) is 5.25 Å². The van der Waals surface area contributed by atoms with Gasteiger partial charge in [-0.2, -0.15) is 5.10 Å². The summed E-state index contributed by atoms with van der Waals surface area (Å²) in [6.45, 7) is 3.56. The first kappa shape index (κ1) is 15.6. The third-order valence-electron chi connectivity index (χ3n) is 3.84. The minimum absolute atomic E-state index is 0.0294. The molecular formula is C16H21N3OS2. The van der Waals surface area contributed by atoms with Gasteiger partial charge in [0.05, 0.1) is 6.20 Å². The number of hydrogen-bond acceptors (Lipinski definition) is 4. The van der Waals surface area contributed by atoms with Crippen molar-refractivity contribution in [2.75, 3.05) is 12.3 Å². The summed E-state index contributed by atoms with van der Waals surface area (Å²) in [5.41, 5.74) is 2.33. The maximum atomic E-state index is 13.0. The van der Waals surface area contributed by atoms with Gasteiger partial charge in [0.2, 0.25) is 5.91 Å². The van der Waals surface area contributed by atoms with Crippen molar-refractivity contribution in [3.63, 3.8) is 0 Å². The largest absolute Gasteiger partial charge is 0.337 e. The van der Waals surface area contributed by atoms with Crippen molar-refractivity contribution in [2.45, 2.75) is 31.6 Å². The van der Waals surface area contributed by atoms with Gasteiger partial charge in [-0.3, -0.25) is 9.48 Å². The van der Waals surface area contributed by atoms with Gasteiger partial charge in [-0.25, -0.2) is 0 Å². The number of carbonyl (C=O) groups is 1. The molecule has 0 bridgehead atoms. The van der Waals surface area contributed by atoms with Gasteiger partial charge in [-0.15, -0.1) is 23.1 Å². The Balaban J connectivity index is 1.78. The van der Waals surface area contributed by atoms with Crippen LogP contribution < -0.4 is 0 Å². The van der Waals surface area contributed by atoms with E-state index in [0.29, 0.717) is 6.54 Å². The molecule has 1 aliphatic rings. The van der Waals surface area contributed by atoms with Crippen LogP contribution in [0.2, 0.25) is 0 Å². The number of carbonyl (C=O) groups excluding carboxylic acids is 1. The molecule has 0 saturated carbocycles. The molecule has 1 amide bonds. The van der Waals surface area contributed by atoms with E-state index in [0.717, 1.165) is 30.7 Å². The average Bonchev–Trinajstić information content (AvgIpc) is 3.14. The fraction of sp³-hybridized carbons (Fsp3) is 0.500. The van der Waals surface area contributed by atoms with Crippen LogP contribution in [0.5, 0.6) is 0 Å². The lowest BCUT2D eigenvalue weighted by molar-refractivity contribution is -0.131. The fourth-order valence-corrected chi connectivity index (χ4v) is 5.20. The highest BCUT2D eigenvalue weighted by molar-refractivity contribution is 8.00. The van der Waals surface area contributed by atoms with Crippen LogP contribution >= 0.6 is 23.1 Å². The first-order valence-corrected chi connectivity index (χ1v) is 9.56. The zero-order valence-corrected chi connectivity index (χ0v) is 14.6. The SMILES string of the molecule is CCCN(Cc1cnn(C)c1)C(=O)[C@@H]1SCCc2sccc21. The summed E-state index contributed by atoms with van der Waals surface area (Å²) in [6, 6.07) is 2.13. The van der Waals surface area contributed by atoms with E-state index in [4.69, 9.17) is 0 Å². The highest BCUT2D eigenvalue weighted by atomic mass is 32.2. The highest BCUT2D eigenvalue weighted by Gasteiger charge is 2.31. The fourth-order valence-electron chi connectivity index (χ4n) is 2.83. The van der Waals surface area contributed by atoms with Crippen molar-refractivity contribution in [3.8, 4) is 0 Å². The minimum Gasteiger partial charge on any atom is -0.337 e. The second kappa shape index (κ2) is 6.87. The summed E-state index contributed by atoms with van der Waals surface area (Å²) >= 11 is 3.56.